The molecule has 2 rings (SSSR count). The minimum absolute atomic E-state index is 0.139. The van der Waals surface area contributed by atoms with Gasteiger partial charge in [-0.3, -0.25) is 4.79 Å². The van der Waals surface area contributed by atoms with E-state index in [9.17, 15) is 13.2 Å². The van der Waals surface area contributed by atoms with Crippen LogP contribution < -0.4 is 4.90 Å². The summed E-state index contributed by atoms with van der Waals surface area (Å²) in [6.07, 6.45) is 1.14. The summed E-state index contributed by atoms with van der Waals surface area (Å²) in [6.45, 7) is 3.74. The molecule has 2 aromatic rings. The second-order valence-corrected chi connectivity index (χ2v) is 8.58. The molecule has 0 saturated carbocycles. The van der Waals surface area contributed by atoms with Gasteiger partial charge in [0.05, 0.1) is 4.90 Å². The molecule has 0 radical (unpaired) electrons. The highest BCUT2D eigenvalue weighted by molar-refractivity contribution is 7.90. The quantitative estimate of drug-likeness (QED) is 0.780. The van der Waals surface area contributed by atoms with Gasteiger partial charge < -0.3 is 4.90 Å². The monoisotopic (exact) mass is 385 g/mol. The lowest BCUT2D eigenvalue weighted by Gasteiger charge is -2.27. The normalized spacial score (nSPS) is 11.6. The molecule has 0 spiro atoms. The molecule has 128 valence electrons. The van der Waals surface area contributed by atoms with Gasteiger partial charge in [-0.05, 0) is 56.3 Å². The first kappa shape index (κ1) is 18.8. The van der Waals surface area contributed by atoms with Gasteiger partial charge in [-0.1, -0.05) is 23.2 Å². The van der Waals surface area contributed by atoms with E-state index in [1.807, 2.05) is 13.8 Å². The first-order chi connectivity index (χ1) is 11.1. The van der Waals surface area contributed by atoms with Gasteiger partial charge in [-0.15, -0.1) is 0 Å². The lowest BCUT2D eigenvalue weighted by atomic mass is 10.1. The SMILES string of the molecule is CC(C)N(C(=O)c1cc(Cl)cc(Cl)c1)c1ccc(S(C)(=O)=O)cc1. The fraction of sp³-hybridized carbons (Fsp3) is 0.235. The summed E-state index contributed by atoms with van der Waals surface area (Å²) in [5, 5.41) is 0.754. The maximum atomic E-state index is 12.9. The number of nitrogens with zero attached hydrogens (tertiary/aromatic N) is 1. The number of carbonyl (C=O) groups is 1. The molecule has 1 amide bonds. The van der Waals surface area contributed by atoms with E-state index in [1.165, 1.54) is 12.1 Å². The number of rotatable bonds is 4. The van der Waals surface area contributed by atoms with Gasteiger partial charge >= 0.3 is 0 Å². The van der Waals surface area contributed by atoms with E-state index in [1.54, 1.807) is 35.2 Å². The molecule has 0 unspecified atom stereocenters. The lowest BCUT2D eigenvalue weighted by molar-refractivity contribution is 0.0980. The van der Waals surface area contributed by atoms with Crippen LogP contribution in [-0.4, -0.2) is 26.6 Å². The third-order valence-electron chi connectivity index (χ3n) is 3.39. The minimum Gasteiger partial charge on any atom is -0.306 e. The Kier molecular flexibility index (Phi) is 5.58. The number of amides is 1. The molecule has 0 saturated heterocycles. The van der Waals surface area contributed by atoms with Gasteiger partial charge in [0.1, 0.15) is 0 Å². The van der Waals surface area contributed by atoms with Gasteiger partial charge in [0.25, 0.3) is 5.91 Å². The molecule has 0 fully saturated rings. The van der Waals surface area contributed by atoms with Crippen molar-refractivity contribution in [1.82, 2.24) is 0 Å². The third-order valence-corrected chi connectivity index (χ3v) is 4.95. The number of hydrogen-bond donors (Lipinski definition) is 0. The maximum absolute atomic E-state index is 12.9. The highest BCUT2D eigenvalue weighted by atomic mass is 35.5. The molecule has 24 heavy (non-hydrogen) atoms. The summed E-state index contributed by atoms with van der Waals surface area (Å²) in [7, 11) is -3.29. The van der Waals surface area contributed by atoms with Gasteiger partial charge in [0.2, 0.25) is 0 Å². The van der Waals surface area contributed by atoms with Crippen molar-refractivity contribution >= 4 is 44.6 Å². The third kappa shape index (κ3) is 4.29. The van der Waals surface area contributed by atoms with Crippen LogP contribution in [0, 0.1) is 0 Å². The molecule has 0 bridgehead atoms. The van der Waals surface area contributed by atoms with Crippen LogP contribution in [0.2, 0.25) is 10.0 Å². The number of hydrogen-bond acceptors (Lipinski definition) is 3. The summed E-state index contributed by atoms with van der Waals surface area (Å²) < 4.78 is 23.1. The topological polar surface area (TPSA) is 54.5 Å². The number of benzene rings is 2. The van der Waals surface area contributed by atoms with E-state index in [-0.39, 0.29) is 16.8 Å². The first-order valence-electron chi connectivity index (χ1n) is 7.19. The fourth-order valence-electron chi connectivity index (χ4n) is 2.32. The molecular weight excluding hydrogens is 369 g/mol. The molecule has 0 aliphatic carbocycles. The molecule has 2 aromatic carbocycles. The van der Waals surface area contributed by atoms with Crippen LogP contribution in [0.1, 0.15) is 24.2 Å². The predicted molar refractivity (Wildman–Crippen MR) is 98.0 cm³/mol. The van der Waals surface area contributed by atoms with Crippen molar-refractivity contribution < 1.29 is 13.2 Å². The maximum Gasteiger partial charge on any atom is 0.258 e. The highest BCUT2D eigenvalue weighted by Crippen LogP contribution is 2.25. The molecule has 0 aromatic heterocycles. The number of carbonyl (C=O) groups excluding carboxylic acids is 1. The zero-order chi connectivity index (χ0) is 18.1. The van der Waals surface area contributed by atoms with E-state index in [4.69, 9.17) is 23.2 Å². The Hall–Kier alpha value is -1.56. The standard InChI is InChI=1S/C17H17Cl2NO3S/c1-11(2)20(15-4-6-16(7-5-15)24(3,22)23)17(21)12-8-13(18)10-14(19)9-12/h4-11H,1-3H3. The Morgan fingerprint density at radius 3 is 1.92 bits per heavy atom. The van der Waals surface area contributed by atoms with Crippen LogP contribution >= 0.6 is 23.2 Å². The predicted octanol–water partition coefficient (Wildman–Crippen LogP) is 4.45. The molecular formula is C17H17Cl2NO3S. The average Bonchev–Trinajstić information content (AvgIpc) is 2.45. The number of halogens is 2. The van der Waals surface area contributed by atoms with Gasteiger partial charge in [-0.25, -0.2) is 8.42 Å². The molecule has 0 N–H and O–H groups in total. The summed E-state index contributed by atoms with van der Waals surface area (Å²) in [4.78, 5) is 14.6. The van der Waals surface area contributed by atoms with Gasteiger partial charge in [0.15, 0.2) is 9.84 Å². The van der Waals surface area contributed by atoms with E-state index >= 15 is 0 Å². The summed E-state index contributed by atoms with van der Waals surface area (Å²) in [5.74, 6) is -0.262. The van der Waals surface area contributed by atoms with Crippen LogP contribution in [0.5, 0.6) is 0 Å². The number of sulfone groups is 1. The summed E-state index contributed by atoms with van der Waals surface area (Å²) in [5.41, 5.74) is 0.965. The van der Waals surface area contributed by atoms with Crippen LogP contribution in [0.4, 0.5) is 5.69 Å². The minimum atomic E-state index is -3.29. The highest BCUT2D eigenvalue weighted by Gasteiger charge is 2.22. The Bertz CT molecular complexity index is 842. The second-order valence-electron chi connectivity index (χ2n) is 5.69. The summed E-state index contributed by atoms with van der Waals surface area (Å²) in [6, 6.07) is 10.7. The van der Waals surface area contributed by atoms with Crippen molar-refractivity contribution in [2.24, 2.45) is 0 Å². The van der Waals surface area contributed by atoms with E-state index in [0.29, 0.717) is 21.3 Å². The van der Waals surface area contributed by atoms with Gasteiger partial charge in [0, 0.05) is 33.6 Å². The van der Waals surface area contributed by atoms with Crippen molar-refractivity contribution in [3.8, 4) is 0 Å². The number of anilines is 1. The Labute approximate surface area is 151 Å². The van der Waals surface area contributed by atoms with Crippen LogP contribution in [-0.2, 0) is 9.84 Å². The zero-order valence-corrected chi connectivity index (χ0v) is 15.8. The van der Waals surface area contributed by atoms with Crippen molar-refractivity contribution in [2.75, 3.05) is 11.2 Å². The largest absolute Gasteiger partial charge is 0.306 e. The molecule has 0 heterocycles. The Morgan fingerprint density at radius 2 is 1.50 bits per heavy atom. The smallest absolute Gasteiger partial charge is 0.258 e. The lowest BCUT2D eigenvalue weighted by Crippen LogP contribution is -2.37. The molecule has 0 aliphatic rings. The van der Waals surface area contributed by atoms with E-state index < -0.39 is 9.84 Å². The van der Waals surface area contributed by atoms with Crippen molar-refractivity contribution in [1.29, 1.82) is 0 Å². The zero-order valence-electron chi connectivity index (χ0n) is 13.5. The van der Waals surface area contributed by atoms with Crippen molar-refractivity contribution in [3.05, 3.63) is 58.1 Å². The van der Waals surface area contributed by atoms with Crippen LogP contribution in [0.25, 0.3) is 0 Å². The van der Waals surface area contributed by atoms with Crippen molar-refractivity contribution in [2.45, 2.75) is 24.8 Å². The average molecular weight is 386 g/mol. The summed E-state index contributed by atoms with van der Waals surface area (Å²) >= 11 is 11.9. The Morgan fingerprint density at radius 1 is 1.00 bits per heavy atom. The molecule has 0 atom stereocenters. The first-order valence-corrected chi connectivity index (χ1v) is 9.84. The fourth-order valence-corrected chi connectivity index (χ4v) is 3.48. The Balaban J connectivity index is 2.44. The van der Waals surface area contributed by atoms with Crippen molar-refractivity contribution in [3.63, 3.8) is 0 Å². The molecule has 0 aliphatic heterocycles. The van der Waals surface area contributed by atoms with E-state index in [0.717, 1.165) is 6.26 Å². The van der Waals surface area contributed by atoms with Gasteiger partial charge in [-0.2, -0.15) is 0 Å². The molecule has 4 nitrogen and oxygen atoms in total. The molecule has 7 heteroatoms. The van der Waals surface area contributed by atoms with Crippen LogP contribution in [0.15, 0.2) is 47.4 Å². The van der Waals surface area contributed by atoms with Crippen LogP contribution in [0.3, 0.4) is 0 Å². The van der Waals surface area contributed by atoms with E-state index in [2.05, 4.69) is 0 Å². The second kappa shape index (κ2) is 7.13.